The standard InChI is InChI=1S/C15H12BrFN2/c16-12-4-5-14(13(17)8-12)19-9-11-3-1-2-10-6-7-18-15(10)11/h1-8,18-19H,9H2. The first-order valence-electron chi connectivity index (χ1n) is 5.98. The molecule has 2 nitrogen and oxygen atoms in total. The third kappa shape index (κ3) is 2.49. The molecule has 96 valence electrons. The highest BCUT2D eigenvalue weighted by molar-refractivity contribution is 9.10. The van der Waals surface area contributed by atoms with Gasteiger partial charge in [0.15, 0.2) is 0 Å². The number of nitrogens with one attached hydrogen (secondary N) is 2. The Labute approximate surface area is 118 Å². The molecule has 0 aliphatic carbocycles. The second kappa shape index (κ2) is 5.05. The molecule has 1 heterocycles. The van der Waals surface area contributed by atoms with Crippen LogP contribution < -0.4 is 5.32 Å². The molecule has 0 aliphatic heterocycles. The van der Waals surface area contributed by atoms with Crippen molar-refractivity contribution in [2.75, 3.05) is 5.32 Å². The maximum Gasteiger partial charge on any atom is 0.147 e. The summed E-state index contributed by atoms with van der Waals surface area (Å²) in [5, 5.41) is 4.29. The van der Waals surface area contributed by atoms with Gasteiger partial charge in [0.05, 0.1) is 11.2 Å². The van der Waals surface area contributed by atoms with Gasteiger partial charge in [0, 0.05) is 17.2 Å². The molecule has 2 N–H and O–H groups in total. The van der Waals surface area contributed by atoms with Crippen molar-refractivity contribution in [1.29, 1.82) is 0 Å². The minimum Gasteiger partial charge on any atom is -0.379 e. The molecule has 0 bridgehead atoms. The average molecular weight is 319 g/mol. The maximum absolute atomic E-state index is 13.7. The Balaban J connectivity index is 1.84. The summed E-state index contributed by atoms with van der Waals surface area (Å²) in [6, 6.07) is 13.1. The summed E-state index contributed by atoms with van der Waals surface area (Å²) in [6.45, 7) is 0.580. The first-order chi connectivity index (χ1) is 9.24. The molecule has 1 aromatic heterocycles. The molecule has 0 unspecified atom stereocenters. The molecule has 0 saturated heterocycles. The van der Waals surface area contributed by atoms with Crippen LogP contribution in [0.1, 0.15) is 5.56 Å². The van der Waals surface area contributed by atoms with E-state index >= 15 is 0 Å². The van der Waals surface area contributed by atoms with Crippen LogP contribution >= 0.6 is 15.9 Å². The summed E-state index contributed by atoms with van der Waals surface area (Å²) < 4.78 is 14.4. The topological polar surface area (TPSA) is 27.8 Å². The summed E-state index contributed by atoms with van der Waals surface area (Å²) in [6.07, 6.45) is 1.91. The number of benzene rings is 2. The largest absolute Gasteiger partial charge is 0.379 e. The van der Waals surface area contributed by atoms with E-state index in [1.54, 1.807) is 6.07 Å². The van der Waals surface area contributed by atoms with Crippen molar-refractivity contribution in [2.45, 2.75) is 6.54 Å². The van der Waals surface area contributed by atoms with Gasteiger partial charge >= 0.3 is 0 Å². The quantitative estimate of drug-likeness (QED) is 0.721. The lowest BCUT2D eigenvalue weighted by Crippen LogP contribution is -2.02. The van der Waals surface area contributed by atoms with Crippen LogP contribution in [0, 0.1) is 5.82 Å². The number of H-pyrrole nitrogens is 1. The van der Waals surface area contributed by atoms with Crippen LogP contribution in [-0.4, -0.2) is 4.98 Å². The van der Waals surface area contributed by atoms with Crippen LogP contribution in [0.5, 0.6) is 0 Å². The number of aromatic amines is 1. The van der Waals surface area contributed by atoms with Gasteiger partial charge in [-0.2, -0.15) is 0 Å². The van der Waals surface area contributed by atoms with E-state index in [0.717, 1.165) is 20.9 Å². The van der Waals surface area contributed by atoms with E-state index in [2.05, 4.69) is 32.3 Å². The van der Waals surface area contributed by atoms with Crippen molar-refractivity contribution in [3.63, 3.8) is 0 Å². The van der Waals surface area contributed by atoms with E-state index in [1.165, 1.54) is 6.07 Å². The second-order valence-electron chi connectivity index (χ2n) is 4.34. The highest BCUT2D eigenvalue weighted by atomic mass is 79.9. The van der Waals surface area contributed by atoms with E-state index in [9.17, 15) is 4.39 Å². The van der Waals surface area contributed by atoms with Gasteiger partial charge in [-0.15, -0.1) is 0 Å². The maximum atomic E-state index is 13.7. The van der Waals surface area contributed by atoms with Crippen molar-refractivity contribution >= 4 is 32.5 Å². The predicted octanol–water partition coefficient (Wildman–Crippen LogP) is 4.68. The number of hydrogen-bond donors (Lipinski definition) is 2. The second-order valence-corrected chi connectivity index (χ2v) is 5.25. The molecule has 19 heavy (non-hydrogen) atoms. The minimum absolute atomic E-state index is 0.256. The summed E-state index contributed by atoms with van der Waals surface area (Å²) in [4.78, 5) is 3.21. The first-order valence-corrected chi connectivity index (χ1v) is 6.77. The van der Waals surface area contributed by atoms with Crippen molar-refractivity contribution in [3.8, 4) is 0 Å². The molecular weight excluding hydrogens is 307 g/mol. The van der Waals surface area contributed by atoms with Crippen molar-refractivity contribution < 1.29 is 4.39 Å². The summed E-state index contributed by atoms with van der Waals surface area (Å²) in [7, 11) is 0. The van der Waals surface area contributed by atoms with Gasteiger partial charge < -0.3 is 10.3 Å². The lowest BCUT2D eigenvalue weighted by Gasteiger charge is -2.09. The fraction of sp³-hybridized carbons (Fsp3) is 0.0667. The zero-order valence-corrected chi connectivity index (χ0v) is 11.7. The smallest absolute Gasteiger partial charge is 0.147 e. The van der Waals surface area contributed by atoms with Gasteiger partial charge in [0.1, 0.15) is 5.82 Å². The molecule has 0 fully saturated rings. The number of hydrogen-bond acceptors (Lipinski definition) is 1. The molecule has 2 aromatic carbocycles. The van der Waals surface area contributed by atoms with E-state index in [4.69, 9.17) is 0 Å². The third-order valence-electron chi connectivity index (χ3n) is 3.07. The Kier molecular flexibility index (Phi) is 3.25. The number of halogens is 2. The summed E-state index contributed by atoms with van der Waals surface area (Å²) in [5.74, 6) is -0.256. The fourth-order valence-electron chi connectivity index (χ4n) is 2.12. The van der Waals surface area contributed by atoms with Crippen LogP contribution in [0.15, 0.2) is 53.1 Å². The van der Waals surface area contributed by atoms with Gasteiger partial charge in [-0.05, 0) is 35.2 Å². The van der Waals surface area contributed by atoms with Gasteiger partial charge in [-0.1, -0.05) is 34.1 Å². The molecule has 0 spiro atoms. The Hall–Kier alpha value is -1.81. The Bertz CT molecular complexity index is 721. The average Bonchev–Trinajstić information content (AvgIpc) is 2.86. The molecule has 4 heteroatoms. The Morgan fingerprint density at radius 3 is 2.89 bits per heavy atom. The van der Waals surface area contributed by atoms with Crippen LogP contribution in [0.3, 0.4) is 0 Å². The van der Waals surface area contributed by atoms with Gasteiger partial charge in [-0.3, -0.25) is 0 Å². The zero-order chi connectivity index (χ0) is 13.2. The molecule has 0 atom stereocenters. The molecular formula is C15H12BrFN2. The Morgan fingerprint density at radius 1 is 1.16 bits per heavy atom. The van der Waals surface area contributed by atoms with Crippen LogP contribution in [-0.2, 0) is 6.54 Å². The van der Waals surface area contributed by atoms with E-state index in [0.29, 0.717) is 12.2 Å². The van der Waals surface area contributed by atoms with Crippen molar-refractivity contribution in [3.05, 3.63) is 64.5 Å². The van der Waals surface area contributed by atoms with Crippen LogP contribution in [0.2, 0.25) is 0 Å². The first kappa shape index (κ1) is 12.2. The van der Waals surface area contributed by atoms with Crippen molar-refractivity contribution in [2.24, 2.45) is 0 Å². The molecule has 0 aliphatic rings. The summed E-state index contributed by atoms with van der Waals surface area (Å²) in [5.41, 5.74) is 2.71. The highest BCUT2D eigenvalue weighted by Gasteiger charge is 2.05. The number of fused-ring (bicyclic) bond motifs is 1. The normalized spacial score (nSPS) is 10.8. The molecule has 0 amide bonds. The summed E-state index contributed by atoms with van der Waals surface area (Å²) >= 11 is 3.25. The van der Waals surface area contributed by atoms with Crippen LogP contribution in [0.25, 0.3) is 10.9 Å². The number of aromatic nitrogens is 1. The van der Waals surface area contributed by atoms with Gasteiger partial charge in [-0.25, -0.2) is 4.39 Å². The molecule has 0 radical (unpaired) electrons. The molecule has 3 aromatic rings. The lowest BCUT2D eigenvalue weighted by atomic mass is 10.1. The monoisotopic (exact) mass is 318 g/mol. The van der Waals surface area contributed by atoms with Gasteiger partial charge in [0.25, 0.3) is 0 Å². The zero-order valence-electron chi connectivity index (χ0n) is 10.1. The number of para-hydroxylation sites is 1. The van der Waals surface area contributed by atoms with E-state index in [-0.39, 0.29) is 5.82 Å². The van der Waals surface area contributed by atoms with Crippen molar-refractivity contribution in [1.82, 2.24) is 4.98 Å². The van der Waals surface area contributed by atoms with E-state index < -0.39 is 0 Å². The third-order valence-corrected chi connectivity index (χ3v) is 3.57. The molecule has 3 rings (SSSR count). The Morgan fingerprint density at radius 2 is 2.05 bits per heavy atom. The number of anilines is 1. The van der Waals surface area contributed by atoms with E-state index in [1.807, 2.05) is 30.5 Å². The molecule has 0 saturated carbocycles. The van der Waals surface area contributed by atoms with Gasteiger partial charge in [0.2, 0.25) is 0 Å². The van der Waals surface area contributed by atoms with Crippen LogP contribution in [0.4, 0.5) is 10.1 Å². The highest BCUT2D eigenvalue weighted by Crippen LogP contribution is 2.22. The lowest BCUT2D eigenvalue weighted by molar-refractivity contribution is 0.629. The minimum atomic E-state index is -0.256. The SMILES string of the molecule is Fc1cc(Br)ccc1NCc1cccc2cc[nH]c12. The number of rotatable bonds is 3. The fourth-order valence-corrected chi connectivity index (χ4v) is 2.45. The predicted molar refractivity (Wildman–Crippen MR) is 79.7 cm³/mol.